The van der Waals surface area contributed by atoms with E-state index in [4.69, 9.17) is 4.74 Å². The predicted octanol–water partition coefficient (Wildman–Crippen LogP) is 3.26. The van der Waals surface area contributed by atoms with Crippen molar-refractivity contribution < 1.29 is 17.9 Å². The lowest BCUT2D eigenvalue weighted by Crippen LogP contribution is -2.37. The molecular weight excluding hydrogens is 283 g/mol. The lowest BCUT2D eigenvalue weighted by Gasteiger charge is -2.33. The molecule has 7 heteroatoms. The maximum Gasteiger partial charge on any atom is 0.255 e. The summed E-state index contributed by atoms with van der Waals surface area (Å²) < 4.78 is 45.4. The third kappa shape index (κ3) is 4.56. The minimum Gasteiger partial charge on any atom is -0.376 e. The van der Waals surface area contributed by atoms with Gasteiger partial charge in [-0.15, -0.1) is 0 Å². The van der Waals surface area contributed by atoms with Crippen molar-refractivity contribution >= 4 is 5.82 Å². The van der Waals surface area contributed by atoms with Gasteiger partial charge in [0.1, 0.15) is 0 Å². The summed E-state index contributed by atoms with van der Waals surface area (Å²) in [4.78, 5) is 7.36. The second-order valence-electron chi connectivity index (χ2n) is 5.26. The first kappa shape index (κ1) is 16.0. The quantitative estimate of drug-likeness (QED) is 0.876. The van der Waals surface area contributed by atoms with Gasteiger partial charge in [0, 0.05) is 38.4 Å². The highest BCUT2D eigenvalue weighted by molar-refractivity contribution is 5.31. The minimum atomic E-state index is -2.56. The van der Waals surface area contributed by atoms with E-state index in [0.29, 0.717) is 26.0 Å². The minimum absolute atomic E-state index is 0.0526. The van der Waals surface area contributed by atoms with Gasteiger partial charge in [0.05, 0.1) is 6.10 Å². The van der Waals surface area contributed by atoms with E-state index in [1.165, 1.54) is 12.4 Å². The SMILES string of the molecule is CCOC(CNc1nccnc1F)C1CCC(F)(F)CC1. The smallest absolute Gasteiger partial charge is 0.255 e. The Labute approximate surface area is 122 Å². The fourth-order valence-electron chi connectivity index (χ4n) is 2.65. The highest BCUT2D eigenvalue weighted by Crippen LogP contribution is 2.38. The normalized spacial score (nSPS) is 20.2. The maximum absolute atomic E-state index is 13.4. The van der Waals surface area contributed by atoms with Gasteiger partial charge in [-0.05, 0) is 25.7 Å². The Hall–Kier alpha value is -1.37. The molecule has 21 heavy (non-hydrogen) atoms. The van der Waals surface area contributed by atoms with Crippen LogP contribution in [-0.2, 0) is 4.74 Å². The zero-order valence-electron chi connectivity index (χ0n) is 12.0. The van der Waals surface area contributed by atoms with E-state index < -0.39 is 11.9 Å². The Morgan fingerprint density at radius 1 is 1.33 bits per heavy atom. The molecule has 1 aromatic heterocycles. The Morgan fingerprint density at radius 2 is 2.00 bits per heavy atom. The van der Waals surface area contributed by atoms with E-state index in [-0.39, 0.29) is 30.7 Å². The van der Waals surface area contributed by atoms with Gasteiger partial charge in [0.25, 0.3) is 5.95 Å². The standard InChI is InChI=1S/C14H20F3N3O/c1-2-21-11(10-3-5-14(16,17)6-4-10)9-20-13-12(15)18-7-8-19-13/h7-8,10-11H,2-6,9H2,1H3,(H,19,20). The van der Waals surface area contributed by atoms with E-state index in [2.05, 4.69) is 15.3 Å². The number of halogens is 3. The number of nitrogens with one attached hydrogen (secondary N) is 1. The van der Waals surface area contributed by atoms with Crippen LogP contribution < -0.4 is 5.32 Å². The zero-order valence-corrected chi connectivity index (χ0v) is 12.0. The number of hydrogen-bond donors (Lipinski definition) is 1. The molecule has 0 saturated heterocycles. The molecule has 118 valence electrons. The third-order valence-corrected chi connectivity index (χ3v) is 3.79. The van der Waals surface area contributed by atoms with Gasteiger partial charge in [0.15, 0.2) is 5.82 Å². The second-order valence-corrected chi connectivity index (χ2v) is 5.26. The van der Waals surface area contributed by atoms with Gasteiger partial charge in [-0.3, -0.25) is 0 Å². The molecule has 1 fully saturated rings. The predicted molar refractivity (Wildman–Crippen MR) is 72.8 cm³/mol. The first-order valence-electron chi connectivity index (χ1n) is 7.21. The monoisotopic (exact) mass is 303 g/mol. The van der Waals surface area contributed by atoms with Crippen molar-refractivity contribution in [2.45, 2.75) is 44.6 Å². The van der Waals surface area contributed by atoms with Crippen molar-refractivity contribution in [1.29, 1.82) is 0 Å². The van der Waals surface area contributed by atoms with Crippen LogP contribution in [0.4, 0.5) is 19.0 Å². The summed E-state index contributed by atoms with van der Waals surface area (Å²) in [5, 5.41) is 2.85. The van der Waals surface area contributed by atoms with Gasteiger partial charge in [-0.25, -0.2) is 18.7 Å². The van der Waals surface area contributed by atoms with Gasteiger partial charge in [0.2, 0.25) is 5.92 Å². The van der Waals surface area contributed by atoms with Crippen molar-refractivity contribution in [1.82, 2.24) is 9.97 Å². The molecular formula is C14H20F3N3O. The maximum atomic E-state index is 13.4. The molecule has 1 aromatic rings. The fourth-order valence-corrected chi connectivity index (χ4v) is 2.65. The Bertz CT molecular complexity index is 449. The molecule has 2 rings (SSSR count). The summed E-state index contributed by atoms with van der Waals surface area (Å²) in [6.45, 7) is 2.68. The molecule has 1 heterocycles. The summed E-state index contributed by atoms with van der Waals surface area (Å²) in [7, 11) is 0. The number of anilines is 1. The van der Waals surface area contributed by atoms with Crippen molar-refractivity contribution in [3.05, 3.63) is 18.3 Å². The van der Waals surface area contributed by atoms with Gasteiger partial charge >= 0.3 is 0 Å². The summed E-state index contributed by atoms with van der Waals surface area (Å²) in [5.74, 6) is -3.12. The summed E-state index contributed by atoms with van der Waals surface area (Å²) >= 11 is 0. The Balaban J connectivity index is 1.92. The number of rotatable bonds is 6. The molecule has 0 aromatic carbocycles. The van der Waals surface area contributed by atoms with Crippen LogP contribution in [0.1, 0.15) is 32.6 Å². The van der Waals surface area contributed by atoms with Crippen LogP contribution in [0.5, 0.6) is 0 Å². The van der Waals surface area contributed by atoms with Crippen LogP contribution in [0.3, 0.4) is 0 Å². The van der Waals surface area contributed by atoms with Crippen LogP contribution in [0, 0.1) is 11.9 Å². The Morgan fingerprint density at radius 3 is 2.62 bits per heavy atom. The summed E-state index contributed by atoms with van der Waals surface area (Å²) in [6.07, 6.45) is 3.05. The van der Waals surface area contributed by atoms with Crippen LogP contribution in [0.2, 0.25) is 0 Å². The average molecular weight is 303 g/mol. The lowest BCUT2D eigenvalue weighted by molar-refractivity contribution is -0.0708. The highest BCUT2D eigenvalue weighted by atomic mass is 19.3. The number of aromatic nitrogens is 2. The van der Waals surface area contributed by atoms with E-state index in [1.54, 1.807) is 0 Å². The lowest BCUT2D eigenvalue weighted by atomic mass is 9.83. The highest BCUT2D eigenvalue weighted by Gasteiger charge is 2.37. The van der Waals surface area contributed by atoms with Crippen LogP contribution in [0.25, 0.3) is 0 Å². The van der Waals surface area contributed by atoms with Crippen molar-refractivity contribution in [2.24, 2.45) is 5.92 Å². The van der Waals surface area contributed by atoms with E-state index in [0.717, 1.165) is 0 Å². The molecule has 0 amide bonds. The molecule has 0 radical (unpaired) electrons. The average Bonchev–Trinajstić information content (AvgIpc) is 2.45. The molecule has 1 unspecified atom stereocenters. The molecule has 1 saturated carbocycles. The first-order chi connectivity index (χ1) is 10.0. The number of alkyl halides is 2. The molecule has 0 aliphatic heterocycles. The Kier molecular flexibility index (Phi) is 5.39. The van der Waals surface area contributed by atoms with Crippen LogP contribution in [0.15, 0.2) is 12.4 Å². The summed E-state index contributed by atoms with van der Waals surface area (Å²) in [6, 6.07) is 0. The van der Waals surface area contributed by atoms with Crippen molar-refractivity contribution in [3.8, 4) is 0 Å². The molecule has 0 bridgehead atoms. The number of ether oxygens (including phenoxy) is 1. The fraction of sp³-hybridized carbons (Fsp3) is 0.714. The number of nitrogens with zero attached hydrogens (tertiary/aromatic N) is 2. The van der Waals surface area contributed by atoms with E-state index in [9.17, 15) is 13.2 Å². The van der Waals surface area contributed by atoms with Gasteiger partial charge in [-0.2, -0.15) is 4.39 Å². The molecule has 4 nitrogen and oxygen atoms in total. The molecule has 1 N–H and O–H groups in total. The molecule has 1 aliphatic carbocycles. The van der Waals surface area contributed by atoms with Crippen molar-refractivity contribution in [3.63, 3.8) is 0 Å². The zero-order chi connectivity index (χ0) is 15.3. The van der Waals surface area contributed by atoms with Crippen LogP contribution in [-0.4, -0.2) is 35.1 Å². The third-order valence-electron chi connectivity index (χ3n) is 3.79. The number of hydrogen-bond acceptors (Lipinski definition) is 4. The second kappa shape index (κ2) is 7.06. The molecule has 0 spiro atoms. The van der Waals surface area contributed by atoms with Gasteiger partial charge in [-0.1, -0.05) is 0 Å². The summed E-state index contributed by atoms with van der Waals surface area (Å²) in [5.41, 5.74) is 0. The van der Waals surface area contributed by atoms with Gasteiger partial charge < -0.3 is 10.1 Å². The van der Waals surface area contributed by atoms with E-state index >= 15 is 0 Å². The first-order valence-corrected chi connectivity index (χ1v) is 7.21. The van der Waals surface area contributed by atoms with E-state index in [1.807, 2.05) is 6.92 Å². The largest absolute Gasteiger partial charge is 0.376 e. The molecule has 1 aliphatic rings. The van der Waals surface area contributed by atoms with Crippen LogP contribution >= 0.6 is 0 Å². The molecule has 1 atom stereocenters. The topological polar surface area (TPSA) is 47.0 Å². The van der Waals surface area contributed by atoms with Crippen molar-refractivity contribution in [2.75, 3.05) is 18.5 Å².